The zero-order valence-corrected chi connectivity index (χ0v) is 20.0. The van der Waals surface area contributed by atoms with Gasteiger partial charge in [0.2, 0.25) is 10.0 Å². The summed E-state index contributed by atoms with van der Waals surface area (Å²) in [6.07, 6.45) is 4.69. The van der Waals surface area contributed by atoms with E-state index >= 15 is 0 Å². The van der Waals surface area contributed by atoms with Crippen LogP contribution in [0.3, 0.4) is 0 Å². The molecule has 4 rings (SSSR count). The Kier molecular flexibility index (Phi) is 6.86. The van der Waals surface area contributed by atoms with Gasteiger partial charge in [0, 0.05) is 30.9 Å². The number of likely N-dealkylation sites (tertiary alicyclic amines) is 1. The topological polar surface area (TPSA) is 86.8 Å². The molecule has 1 N–H and O–H groups in total. The quantitative estimate of drug-likeness (QED) is 0.713. The molecule has 2 saturated heterocycles. The minimum Gasteiger partial charge on any atom is -0.339 e. The van der Waals surface area contributed by atoms with Gasteiger partial charge in [-0.1, -0.05) is 18.6 Å². The van der Waals surface area contributed by atoms with Crippen molar-refractivity contribution < 1.29 is 18.0 Å². The first kappa shape index (κ1) is 23.4. The number of benzene rings is 2. The van der Waals surface area contributed by atoms with Crippen LogP contribution in [0, 0.1) is 0 Å². The van der Waals surface area contributed by atoms with E-state index in [1.165, 1.54) is 12.1 Å². The number of piperidine rings is 1. The molecule has 7 nitrogen and oxygen atoms in total. The van der Waals surface area contributed by atoms with Gasteiger partial charge in [-0.05, 0) is 75.9 Å². The van der Waals surface area contributed by atoms with Crippen molar-refractivity contribution in [2.75, 3.05) is 18.4 Å². The van der Waals surface area contributed by atoms with Gasteiger partial charge in [-0.3, -0.25) is 9.59 Å². The molecular weight excluding hydrogens is 438 g/mol. The lowest BCUT2D eigenvalue weighted by Gasteiger charge is -2.37. The van der Waals surface area contributed by atoms with E-state index in [4.69, 9.17) is 0 Å². The fraction of sp³-hybridized carbons (Fsp3) is 0.440. The fourth-order valence-electron chi connectivity index (χ4n) is 4.86. The number of sulfonamides is 1. The number of nitrogens with zero attached hydrogens (tertiary/aromatic N) is 2. The number of hydrogen-bond donors (Lipinski definition) is 1. The summed E-state index contributed by atoms with van der Waals surface area (Å²) in [5.74, 6) is -0.531. The van der Waals surface area contributed by atoms with Gasteiger partial charge in [0.25, 0.3) is 11.8 Å². The normalized spacial score (nSPS) is 21.7. The van der Waals surface area contributed by atoms with Gasteiger partial charge < -0.3 is 10.2 Å². The predicted molar refractivity (Wildman–Crippen MR) is 128 cm³/mol. The van der Waals surface area contributed by atoms with E-state index in [9.17, 15) is 18.0 Å². The molecule has 0 radical (unpaired) electrons. The second kappa shape index (κ2) is 9.65. The first-order valence-corrected chi connectivity index (χ1v) is 13.1. The summed E-state index contributed by atoms with van der Waals surface area (Å²) in [6, 6.07) is 13.0. The van der Waals surface area contributed by atoms with Crippen LogP contribution in [0.1, 0.15) is 66.7 Å². The maximum Gasteiger partial charge on any atom is 0.256 e. The summed E-state index contributed by atoms with van der Waals surface area (Å²) >= 11 is 0. The number of rotatable bonds is 5. The van der Waals surface area contributed by atoms with E-state index in [2.05, 4.69) is 5.32 Å². The third-order valence-corrected chi connectivity index (χ3v) is 8.74. The lowest BCUT2D eigenvalue weighted by Crippen LogP contribution is -2.47. The lowest BCUT2D eigenvalue weighted by molar-refractivity contribution is 0.0787. The molecule has 2 aromatic carbocycles. The monoisotopic (exact) mass is 469 g/mol. The standard InChI is InChI=1S/C25H31N3O4S/c1-18-8-7-9-19(2)28(18)33(31,32)21-14-12-20(13-15-21)26-24(29)22-10-3-4-11-23(22)25(30)27-16-5-6-17-27/h3-4,10-15,18-19H,5-9,16-17H2,1-2H3,(H,26,29)/t18-,19-/m1/s1. The third kappa shape index (κ3) is 4.82. The molecule has 2 heterocycles. The third-order valence-electron chi connectivity index (χ3n) is 6.60. The Hall–Kier alpha value is -2.71. The smallest absolute Gasteiger partial charge is 0.256 e. The molecule has 2 amide bonds. The highest BCUT2D eigenvalue weighted by Gasteiger charge is 2.35. The molecule has 0 bridgehead atoms. The Morgan fingerprint density at radius 1 is 0.848 bits per heavy atom. The molecule has 0 aromatic heterocycles. The molecule has 0 aliphatic carbocycles. The minimum absolute atomic E-state index is 0.0391. The molecule has 33 heavy (non-hydrogen) atoms. The van der Waals surface area contributed by atoms with Crippen LogP contribution < -0.4 is 5.32 Å². The van der Waals surface area contributed by atoms with E-state index in [0.717, 1.165) is 32.1 Å². The first-order chi connectivity index (χ1) is 15.8. The van der Waals surface area contributed by atoms with Crippen LogP contribution in [-0.4, -0.2) is 54.6 Å². The highest BCUT2D eigenvalue weighted by atomic mass is 32.2. The summed E-state index contributed by atoms with van der Waals surface area (Å²) in [5, 5.41) is 2.80. The lowest BCUT2D eigenvalue weighted by atomic mass is 10.0. The van der Waals surface area contributed by atoms with Crippen molar-refractivity contribution in [3.63, 3.8) is 0 Å². The zero-order chi connectivity index (χ0) is 23.6. The first-order valence-electron chi connectivity index (χ1n) is 11.6. The van der Waals surface area contributed by atoms with Crippen molar-refractivity contribution in [1.82, 2.24) is 9.21 Å². The SMILES string of the molecule is C[C@@H]1CCC[C@@H](C)N1S(=O)(=O)c1ccc(NC(=O)c2ccccc2C(=O)N2CCCC2)cc1. The Bertz CT molecular complexity index is 1110. The molecule has 176 valence electrons. The predicted octanol–water partition coefficient (Wildman–Crippen LogP) is 4.13. The zero-order valence-electron chi connectivity index (χ0n) is 19.2. The van der Waals surface area contributed by atoms with E-state index in [0.29, 0.717) is 29.9 Å². The molecule has 2 aromatic rings. The Morgan fingerprint density at radius 2 is 1.42 bits per heavy atom. The summed E-state index contributed by atoms with van der Waals surface area (Å²) in [7, 11) is -3.61. The van der Waals surface area contributed by atoms with Gasteiger partial charge in [-0.25, -0.2) is 8.42 Å². The van der Waals surface area contributed by atoms with E-state index < -0.39 is 15.9 Å². The van der Waals surface area contributed by atoms with Gasteiger partial charge in [-0.15, -0.1) is 0 Å². The fourth-order valence-corrected chi connectivity index (χ4v) is 6.74. The molecular formula is C25H31N3O4S. The van der Waals surface area contributed by atoms with E-state index in [-0.39, 0.29) is 22.9 Å². The van der Waals surface area contributed by atoms with Gasteiger partial charge >= 0.3 is 0 Å². The van der Waals surface area contributed by atoms with Crippen molar-refractivity contribution in [2.45, 2.75) is 62.9 Å². The minimum atomic E-state index is -3.61. The largest absolute Gasteiger partial charge is 0.339 e. The summed E-state index contributed by atoms with van der Waals surface area (Å²) in [4.78, 5) is 27.8. The number of anilines is 1. The van der Waals surface area contributed by atoms with Crippen molar-refractivity contribution in [1.29, 1.82) is 0 Å². The van der Waals surface area contributed by atoms with Crippen LogP contribution in [0.25, 0.3) is 0 Å². The van der Waals surface area contributed by atoms with Gasteiger partial charge in [-0.2, -0.15) is 4.31 Å². The van der Waals surface area contributed by atoms with Crippen LogP contribution in [0.2, 0.25) is 0 Å². The van der Waals surface area contributed by atoms with Crippen molar-refractivity contribution in [3.05, 3.63) is 59.7 Å². The van der Waals surface area contributed by atoms with Gasteiger partial charge in [0.15, 0.2) is 0 Å². The van der Waals surface area contributed by atoms with E-state index in [1.54, 1.807) is 45.6 Å². The van der Waals surface area contributed by atoms with Crippen molar-refractivity contribution in [2.24, 2.45) is 0 Å². The van der Waals surface area contributed by atoms with Crippen LogP contribution in [-0.2, 0) is 10.0 Å². The highest BCUT2D eigenvalue weighted by molar-refractivity contribution is 7.89. The molecule has 2 aliphatic heterocycles. The van der Waals surface area contributed by atoms with Gasteiger partial charge in [0.1, 0.15) is 0 Å². The van der Waals surface area contributed by atoms with Crippen LogP contribution in [0.5, 0.6) is 0 Å². The number of carbonyl (C=O) groups is 2. The molecule has 2 fully saturated rings. The van der Waals surface area contributed by atoms with Crippen LogP contribution in [0.15, 0.2) is 53.4 Å². The Labute approximate surface area is 195 Å². The molecule has 0 saturated carbocycles. The number of nitrogens with one attached hydrogen (secondary N) is 1. The Balaban J connectivity index is 1.51. The number of amides is 2. The molecule has 0 unspecified atom stereocenters. The van der Waals surface area contributed by atoms with Crippen molar-refractivity contribution >= 4 is 27.5 Å². The summed E-state index contributed by atoms with van der Waals surface area (Å²) in [6.45, 7) is 5.31. The average Bonchev–Trinajstić information content (AvgIpc) is 3.34. The molecule has 2 atom stereocenters. The maximum atomic E-state index is 13.2. The Morgan fingerprint density at radius 3 is 2.03 bits per heavy atom. The average molecular weight is 470 g/mol. The van der Waals surface area contributed by atoms with E-state index in [1.807, 2.05) is 13.8 Å². The van der Waals surface area contributed by atoms with Gasteiger partial charge in [0.05, 0.1) is 16.0 Å². The molecule has 2 aliphatic rings. The maximum absolute atomic E-state index is 13.2. The highest BCUT2D eigenvalue weighted by Crippen LogP contribution is 2.30. The number of hydrogen-bond acceptors (Lipinski definition) is 4. The van der Waals surface area contributed by atoms with Crippen LogP contribution in [0.4, 0.5) is 5.69 Å². The summed E-state index contributed by atoms with van der Waals surface area (Å²) < 4.78 is 28.0. The van der Waals surface area contributed by atoms with Crippen LogP contribution >= 0.6 is 0 Å². The molecule has 8 heteroatoms. The van der Waals surface area contributed by atoms with Crippen molar-refractivity contribution in [3.8, 4) is 0 Å². The second-order valence-electron chi connectivity index (χ2n) is 8.99. The second-order valence-corrected chi connectivity index (χ2v) is 10.8. The number of carbonyl (C=O) groups excluding carboxylic acids is 2. The molecule has 0 spiro atoms. The summed E-state index contributed by atoms with van der Waals surface area (Å²) in [5.41, 5.74) is 1.16.